The standard InChI is InChI=1S/C11H16ClFN4O/c1-18-5-4-15-11(17-14)16-7-8-2-3-10(13)9(12)6-8/h2-3,6H,4-5,7,14H2,1H3,(H2,15,16,17). The lowest BCUT2D eigenvalue weighted by Crippen LogP contribution is -2.42. The Hall–Kier alpha value is -1.37. The van der Waals surface area contributed by atoms with Gasteiger partial charge in [-0.1, -0.05) is 17.7 Å². The Morgan fingerprint density at radius 3 is 2.94 bits per heavy atom. The van der Waals surface area contributed by atoms with Gasteiger partial charge in [0.15, 0.2) is 0 Å². The second kappa shape index (κ2) is 7.86. The van der Waals surface area contributed by atoms with Crippen molar-refractivity contribution in [2.24, 2.45) is 10.8 Å². The zero-order chi connectivity index (χ0) is 13.4. The van der Waals surface area contributed by atoms with Crippen LogP contribution in [0, 0.1) is 5.82 Å². The highest BCUT2D eigenvalue weighted by Crippen LogP contribution is 2.16. The van der Waals surface area contributed by atoms with Crippen LogP contribution < -0.4 is 16.6 Å². The number of hydrazine groups is 1. The molecule has 18 heavy (non-hydrogen) atoms. The lowest BCUT2D eigenvalue weighted by Gasteiger charge is -2.08. The van der Waals surface area contributed by atoms with Crippen molar-refractivity contribution in [2.45, 2.75) is 6.54 Å². The summed E-state index contributed by atoms with van der Waals surface area (Å²) in [4.78, 5) is 4.19. The second-order valence-electron chi connectivity index (χ2n) is 3.48. The van der Waals surface area contributed by atoms with Crippen LogP contribution in [-0.4, -0.2) is 26.2 Å². The number of benzene rings is 1. The molecular formula is C11H16ClFN4O. The largest absolute Gasteiger partial charge is 0.383 e. The minimum atomic E-state index is -0.445. The molecule has 0 aliphatic carbocycles. The summed E-state index contributed by atoms with van der Waals surface area (Å²) in [5, 5.41) is 3.03. The van der Waals surface area contributed by atoms with E-state index in [-0.39, 0.29) is 5.02 Å². The van der Waals surface area contributed by atoms with Crippen LogP contribution >= 0.6 is 11.6 Å². The Kier molecular flexibility index (Phi) is 6.42. The van der Waals surface area contributed by atoms with E-state index in [1.807, 2.05) is 0 Å². The van der Waals surface area contributed by atoms with Gasteiger partial charge in [0, 0.05) is 13.7 Å². The third-order valence-electron chi connectivity index (χ3n) is 2.14. The van der Waals surface area contributed by atoms with E-state index in [9.17, 15) is 4.39 Å². The van der Waals surface area contributed by atoms with E-state index >= 15 is 0 Å². The topological polar surface area (TPSA) is 71.7 Å². The smallest absolute Gasteiger partial charge is 0.206 e. The minimum Gasteiger partial charge on any atom is -0.383 e. The molecule has 4 N–H and O–H groups in total. The van der Waals surface area contributed by atoms with Crippen molar-refractivity contribution in [2.75, 3.05) is 20.3 Å². The molecule has 0 saturated heterocycles. The normalized spacial score (nSPS) is 11.4. The maximum atomic E-state index is 12.9. The first kappa shape index (κ1) is 14.7. The van der Waals surface area contributed by atoms with Crippen LogP contribution in [0.2, 0.25) is 5.02 Å². The number of ether oxygens (including phenoxy) is 1. The van der Waals surface area contributed by atoms with E-state index in [0.29, 0.717) is 25.7 Å². The molecule has 0 saturated carbocycles. The van der Waals surface area contributed by atoms with Crippen LogP contribution in [0.15, 0.2) is 23.2 Å². The van der Waals surface area contributed by atoms with Crippen LogP contribution in [0.5, 0.6) is 0 Å². The summed E-state index contributed by atoms with van der Waals surface area (Å²) in [6.45, 7) is 1.48. The van der Waals surface area contributed by atoms with Gasteiger partial charge in [-0.25, -0.2) is 15.2 Å². The Bertz CT molecular complexity index is 414. The molecular weight excluding hydrogens is 259 g/mol. The first-order chi connectivity index (χ1) is 8.67. The predicted octanol–water partition coefficient (Wildman–Crippen LogP) is 1.03. The average Bonchev–Trinajstić information content (AvgIpc) is 2.37. The SMILES string of the molecule is COCCNC(=NCc1ccc(F)c(Cl)c1)NN. The number of nitrogens with two attached hydrogens (primary N) is 1. The van der Waals surface area contributed by atoms with Gasteiger partial charge in [-0.2, -0.15) is 0 Å². The summed E-state index contributed by atoms with van der Waals surface area (Å²) in [5.41, 5.74) is 3.23. The van der Waals surface area contributed by atoms with E-state index in [0.717, 1.165) is 5.56 Å². The maximum absolute atomic E-state index is 12.9. The third-order valence-corrected chi connectivity index (χ3v) is 2.43. The number of hydrogen-bond acceptors (Lipinski definition) is 3. The molecule has 100 valence electrons. The van der Waals surface area contributed by atoms with E-state index < -0.39 is 5.82 Å². The molecule has 0 bridgehead atoms. The van der Waals surface area contributed by atoms with Crippen LogP contribution in [-0.2, 0) is 11.3 Å². The zero-order valence-corrected chi connectivity index (χ0v) is 10.8. The molecule has 0 spiro atoms. The fourth-order valence-corrected chi connectivity index (χ4v) is 1.44. The number of hydrogen-bond donors (Lipinski definition) is 3. The quantitative estimate of drug-likeness (QED) is 0.247. The molecule has 0 radical (unpaired) electrons. The fourth-order valence-electron chi connectivity index (χ4n) is 1.23. The lowest BCUT2D eigenvalue weighted by atomic mass is 10.2. The van der Waals surface area contributed by atoms with Crippen molar-refractivity contribution < 1.29 is 9.13 Å². The molecule has 0 amide bonds. The molecule has 5 nitrogen and oxygen atoms in total. The fraction of sp³-hybridized carbons (Fsp3) is 0.364. The maximum Gasteiger partial charge on any atom is 0.206 e. The zero-order valence-electron chi connectivity index (χ0n) is 10.0. The number of methoxy groups -OCH3 is 1. The molecule has 0 atom stereocenters. The first-order valence-electron chi connectivity index (χ1n) is 5.35. The molecule has 0 heterocycles. The summed E-state index contributed by atoms with van der Waals surface area (Å²) in [5.74, 6) is 5.30. The molecule has 0 aliphatic rings. The molecule has 0 aliphatic heterocycles. The molecule has 1 aromatic rings. The van der Waals surface area contributed by atoms with Crippen LogP contribution in [0.25, 0.3) is 0 Å². The number of nitrogens with one attached hydrogen (secondary N) is 2. The van der Waals surface area contributed by atoms with Crippen LogP contribution in [0.3, 0.4) is 0 Å². The number of aliphatic imine (C=N–C) groups is 1. The van der Waals surface area contributed by atoms with Gasteiger partial charge in [-0.05, 0) is 17.7 Å². The van der Waals surface area contributed by atoms with E-state index in [4.69, 9.17) is 22.2 Å². The van der Waals surface area contributed by atoms with Crippen molar-refractivity contribution in [1.82, 2.24) is 10.7 Å². The minimum absolute atomic E-state index is 0.0808. The van der Waals surface area contributed by atoms with Gasteiger partial charge in [-0.3, -0.25) is 5.43 Å². The van der Waals surface area contributed by atoms with E-state index in [1.54, 1.807) is 13.2 Å². The van der Waals surface area contributed by atoms with Gasteiger partial charge in [0.1, 0.15) is 5.82 Å². The summed E-state index contributed by atoms with van der Waals surface area (Å²) in [6, 6.07) is 4.46. The third kappa shape index (κ3) is 4.87. The summed E-state index contributed by atoms with van der Waals surface area (Å²) in [6.07, 6.45) is 0. The highest BCUT2D eigenvalue weighted by Gasteiger charge is 2.01. The van der Waals surface area contributed by atoms with Crippen LogP contribution in [0.1, 0.15) is 5.56 Å². The molecule has 0 unspecified atom stereocenters. The van der Waals surface area contributed by atoms with Crippen molar-refractivity contribution >= 4 is 17.6 Å². The first-order valence-corrected chi connectivity index (χ1v) is 5.73. The second-order valence-corrected chi connectivity index (χ2v) is 3.88. The van der Waals surface area contributed by atoms with E-state index in [1.165, 1.54) is 12.1 Å². The number of halogens is 2. The highest BCUT2D eigenvalue weighted by molar-refractivity contribution is 6.30. The van der Waals surface area contributed by atoms with E-state index in [2.05, 4.69) is 15.7 Å². The number of guanidine groups is 1. The van der Waals surface area contributed by atoms with Crippen molar-refractivity contribution in [3.05, 3.63) is 34.6 Å². The van der Waals surface area contributed by atoms with Gasteiger partial charge in [-0.15, -0.1) is 0 Å². The number of nitrogens with zero attached hydrogens (tertiary/aromatic N) is 1. The van der Waals surface area contributed by atoms with Gasteiger partial charge in [0.25, 0.3) is 0 Å². The van der Waals surface area contributed by atoms with Gasteiger partial charge in [0.2, 0.25) is 5.96 Å². The van der Waals surface area contributed by atoms with Gasteiger partial charge >= 0.3 is 0 Å². The Labute approximate surface area is 110 Å². The Morgan fingerprint density at radius 2 is 2.33 bits per heavy atom. The monoisotopic (exact) mass is 274 g/mol. The Balaban J connectivity index is 2.56. The predicted molar refractivity (Wildman–Crippen MR) is 69.8 cm³/mol. The molecule has 0 aromatic heterocycles. The molecule has 1 aromatic carbocycles. The molecule has 0 fully saturated rings. The average molecular weight is 275 g/mol. The van der Waals surface area contributed by atoms with Gasteiger partial charge in [0.05, 0.1) is 18.2 Å². The summed E-state index contributed by atoms with van der Waals surface area (Å²) >= 11 is 5.67. The van der Waals surface area contributed by atoms with Gasteiger partial charge < -0.3 is 10.1 Å². The van der Waals surface area contributed by atoms with Crippen molar-refractivity contribution in [3.8, 4) is 0 Å². The summed E-state index contributed by atoms with van der Waals surface area (Å²) in [7, 11) is 1.61. The Morgan fingerprint density at radius 1 is 1.56 bits per heavy atom. The molecule has 1 rings (SSSR count). The van der Waals surface area contributed by atoms with Crippen molar-refractivity contribution in [1.29, 1.82) is 0 Å². The highest BCUT2D eigenvalue weighted by atomic mass is 35.5. The van der Waals surface area contributed by atoms with Crippen molar-refractivity contribution in [3.63, 3.8) is 0 Å². The molecule has 7 heteroatoms. The lowest BCUT2D eigenvalue weighted by molar-refractivity contribution is 0.203. The summed E-state index contributed by atoms with van der Waals surface area (Å²) < 4.78 is 17.8. The number of rotatable bonds is 5. The van der Waals surface area contributed by atoms with Crippen LogP contribution in [0.4, 0.5) is 4.39 Å².